The van der Waals surface area contributed by atoms with E-state index in [4.69, 9.17) is 25.6 Å². The van der Waals surface area contributed by atoms with Crippen LogP contribution in [-0.2, 0) is 16.0 Å². The first-order valence-corrected chi connectivity index (χ1v) is 13.8. The summed E-state index contributed by atoms with van der Waals surface area (Å²) in [6, 6.07) is 8.40. The molecule has 7 N–H and O–H groups in total. The zero-order valence-electron chi connectivity index (χ0n) is 24.8. The third-order valence-electron chi connectivity index (χ3n) is 6.57. The maximum absolute atomic E-state index is 14.9. The number of nitrogens with two attached hydrogens (primary N) is 1. The number of benzene rings is 2. The predicted octanol–water partition coefficient (Wildman–Crippen LogP) is 2.14. The summed E-state index contributed by atoms with van der Waals surface area (Å²) < 4.78 is 36.0. The molecule has 0 saturated carbocycles. The minimum atomic E-state index is -1.21. The van der Waals surface area contributed by atoms with Crippen molar-refractivity contribution < 1.29 is 38.1 Å². The van der Waals surface area contributed by atoms with Gasteiger partial charge in [0.25, 0.3) is 12.4 Å². The third-order valence-corrected chi connectivity index (χ3v) is 6.57. The van der Waals surface area contributed by atoms with Crippen LogP contribution in [0.15, 0.2) is 48.9 Å². The molecule has 0 bridgehead atoms. The van der Waals surface area contributed by atoms with Gasteiger partial charge in [0.1, 0.15) is 12.1 Å². The number of nitrogens with zero attached hydrogens (tertiary/aromatic N) is 4. The van der Waals surface area contributed by atoms with Gasteiger partial charge in [-0.1, -0.05) is 6.92 Å². The van der Waals surface area contributed by atoms with Crippen LogP contribution >= 0.6 is 0 Å². The second-order valence-corrected chi connectivity index (χ2v) is 9.57. The maximum atomic E-state index is 14.9. The Morgan fingerprint density at radius 1 is 1.17 bits per heavy atom. The van der Waals surface area contributed by atoms with Crippen LogP contribution in [0.2, 0.25) is 0 Å². The first kappa shape index (κ1) is 34.8. The lowest BCUT2D eigenvalue weighted by molar-refractivity contribution is -0.124. The van der Waals surface area contributed by atoms with E-state index in [1.807, 2.05) is 6.92 Å². The van der Waals surface area contributed by atoms with Crippen molar-refractivity contribution in [3.05, 3.63) is 71.7 Å². The van der Waals surface area contributed by atoms with Gasteiger partial charge in [0.15, 0.2) is 29.6 Å². The molecule has 0 radical (unpaired) electrons. The number of nitrogens with one attached hydrogen (secondary N) is 3. The van der Waals surface area contributed by atoms with E-state index in [9.17, 15) is 23.5 Å². The number of halogens is 2. The molecule has 2 atom stereocenters. The number of fused-ring (bicyclic) bond motifs is 1. The van der Waals surface area contributed by atoms with Crippen LogP contribution in [0.1, 0.15) is 29.8 Å². The first-order valence-electron chi connectivity index (χ1n) is 13.8. The van der Waals surface area contributed by atoms with Gasteiger partial charge in [-0.15, -0.1) is 0 Å². The lowest BCUT2D eigenvalue weighted by Crippen LogP contribution is -2.48. The molecule has 2 amide bonds. The molecule has 14 nitrogen and oxygen atoms in total. The number of amides is 2. The number of nitriles is 1. The number of hydrogen-bond acceptors (Lipinski definition) is 10. The molecule has 242 valence electrons. The Hall–Kier alpha value is -5.66. The van der Waals surface area contributed by atoms with E-state index in [0.717, 1.165) is 5.56 Å². The molecule has 4 rings (SSSR count). The second kappa shape index (κ2) is 16.4. The summed E-state index contributed by atoms with van der Waals surface area (Å²) in [5.74, 6) is -3.22. The molecule has 16 heteroatoms. The van der Waals surface area contributed by atoms with E-state index in [-0.39, 0.29) is 42.5 Å². The summed E-state index contributed by atoms with van der Waals surface area (Å²) in [6.07, 6.45) is 3.98. The molecule has 0 aliphatic heterocycles. The molecule has 2 aromatic heterocycles. The van der Waals surface area contributed by atoms with Crippen molar-refractivity contribution in [3.63, 3.8) is 0 Å². The van der Waals surface area contributed by atoms with E-state index in [2.05, 4.69) is 25.9 Å². The molecule has 4 aromatic rings. The molecule has 0 aliphatic carbocycles. The van der Waals surface area contributed by atoms with Crippen LogP contribution in [0.25, 0.3) is 16.9 Å². The van der Waals surface area contributed by atoms with Crippen molar-refractivity contribution in [1.29, 1.82) is 5.26 Å². The second-order valence-electron chi connectivity index (χ2n) is 9.57. The molecule has 0 aliphatic rings. The minimum absolute atomic E-state index is 0.0551. The molecule has 0 saturated heterocycles. The van der Waals surface area contributed by atoms with Gasteiger partial charge in [0.05, 0.1) is 18.0 Å². The largest absolute Gasteiger partial charge is 0.483 e. The molecular formula is C30H32F2N8O6. The molecule has 2 heterocycles. The molecule has 0 unspecified atom stereocenters. The Bertz CT molecular complexity index is 1740. The van der Waals surface area contributed by atoms with E-state index in [0.29, 0.717) is 29.1 Å². The molecular weight excluding hydrogens is 606 g/mol. The van der Waals surface area contributed by atoms with Gasteiger partial charge >= 0.3 is 0 Å². The van der Waals surface area contributed by atoms with Crippen molar-refractivity contribution in [2.75, 3.05) is 25.0 Å². The van der Waals surface area contributed by atoms with E-state index >= 15 is 0 Å². The number of carboxylic acid groups (broad SMARTS) is 1. The van der Waals surface area contributed by atoms with Gasteiger partial charge in [-0.3, -0.25) is 18.8 Å². The van der Waals surface area contributed by atoms with Crippen molar-refractivity contribution in [2.45, 2.75) is 32.4 Å². The Morgan fingerprint density at radius 3 is 2.57 bits per heavy atom. The van der Waals surface area contributed by atoms with Crippen molar-refractivity contribution in [3.8, 4) is 23.1 Å². The van der Waals surface area contributed by atoms with Gasteiger partial charge in [-0.2, -0.15) is 9.65 Å². The Morgan fingerprint density at radius 2 is 1.89 bits per heavy atom. The van der Waals surface area contributed by atoms with Crippen LogP contribution < -0.4 is 26.4 Å². The number of aryl methyl sites for hydroxylation is 1. The van der Waals surface area contributed by atoms with Gasteiger partial charge in [0, 0.05) is 42.3 Å². The van der Waals surface area contributed by atoms with Crippen LogP contribution in [-0.4, -0.2) is 74.7 Å². The van der Waals surface area contributed by atoms with Crippen LogP contribution in [0.3, 0.4) is 0 Å². The van der Waals surface area contributed by atoms with Crippen molar-refractivity contribution in [1.82, 2.24) is 25.0 Å². The highest BCUT2D eigenvalue weighted by atomic mass is 19.2. The van der Waals surface area contributed by atoms with Gasteiger partial charge < -0.3 is 36.6 Å². The monoisotopic (exact) mass is 638 g/mol. The van der Waals surface area contributed by atoms with Gasteiger partial charge in [-0.05, 0) is 49.2 Å². The summed E-state index contributed by atoms with van der Waals surface area (Å²) in [4.78, 5) is 41.7. The number of aliphatic hydroxyl groups is 1. The number of anilines is 2. The quantitative estimate of drug-likeness (QED) is 0.0976. The number of ether oxygens (including phenoxy) is 1. The fourth-order valence-corrected chi connectivity index (χ4v) is 4.27. The molecule has 0 fully saturated rings. The van der Waals surface area contributed by atoms with E-state index < -0.39 is 36.3 Å². The molecule has 0 spiro atoms. The maximum Gasteiger partial charge on any atom is 0.290 e. The Balaban J connectivity index is 0.00000185. The normalized spacial score (nSPS) is 11.8. The average molecular weight is 639 g/mol. The average Bonchev–Trinajstić information content (AvgIpc) is 3.48. The highest BCUT2D eigenvalue weighted by Gasteiger charge is 2.20. The zero-order valence-corrected chi connectivity index (χ0v) is 24.8. The lowest BCUT2D eigenvalue weighted by Gasteiger charge is -2.15. The fourth-order valence-electron chi connectivity index (χ4n) is 4.27. The first-order chi connectivity index (χ1) is 22.1. The van der Waals surface area contributed by atoms with Crippen LogP contribution in [0.5, 0.6) is 5.75 Å². The Labute approximate surface area is 261 Å². The summed E-state index contributed by atoms with van der Waals surface area (Å²) in [5, 5.41) is 33.4. The number of imidazole rings is 1. The molecule has 2 aromatic carbocycles. The van der Waals surface area contributed by atoms with E-state index in [1.54, 1.807) is 34.9 Å². The number of carbonyl (C=O) groups is 3. The van der Waals surface area contributed by atoms with Gasteiger partial charge in [-0.25, -0.2) is 14.4 Å². The standard InChI is InChI=1S/C29H30F2N8O4.CH2O2/c1-3-17-14-18(4-5-19(17)28(41)35-9-10-36-29(42)25(33)16(2)40)38-26-27-37-15-21(39(27)12-11-34-26)20-6-7-22(43-13-8-32)24(31)23(20)30;2-1-3/h4-7,11-12,14-16,25,40H,3,9-10,13,33H2,1-2H3,(H,34,38)(H,35,41)(H,36,42);1H,(H,2,3)/t16-,25+;/m1./s1. The zero-order chi connectivity index (χ0) is 33.8. The highest BCUT2D eigenvalue weighted by molar-refractivity contribution is 5.96. The van der Waals surface area contributed by atoms with Crippen LogP contribution in [0.4, 0.5) is 20.3 Å². The number of aliphatic hydroxyl groups excluding tert-OH is 1. The van der Waals surface area contributed by atoms with Crippen LogP contribution in [0, 0.1) is 23.0 Å². The number of rotatable bonds is 12. The number of carbonyl (C=O) groups excluding carboxylic acids is 2. The predicted molar refractivity (Wildman–Crippen MR) is 162 cm³/mol. The topological polar surface area (TPSA) is 217 Å². The number of aromatic nitrogens is 3. The third kappa shape index (κ3) is 8.28. The summed E-state index contributed by atoms with van der Waals surface area (Å²) in [7, 11) is 0. The minimum Gasteiger partial charge on any atom is -0.483 e. The SMILES string of the molecule is CCc1cc(Nc2nccn3c(-c4ccc(OCC#N)c(F)c4F)cnc23)ccc1C(=O)NCCNC(=O)[C@@H](N)[C@@H](C)O.O=CO. The molecule has 46 heavy (non-hydrogen) atoms. The summed E-state index contributed by atoms with van der Waals surface area (Å²) >= 11 is 0. The summed E-state index contributed by atoms with van der Waals surface area (Å²) in [6.45, 7) is 2.95. The van der Waals surface area contributed by atoms with Crippen molar-refractivity contribution >= 4 is 35.4 Å². The number of hydrogen-bond donors (Lipinski definition) is 6. The fraction of sp³-hybridized carbons (Fsp3) is 0.267. The smallest absolute Gasteiger partial charge is 0.290 e. The van der Waals surface area contributed by atoms with Gasteiger partial charge in [0.2, 0.25) is 11.7 Å². The summed E-state index contributed by atoms with van der Waals surface area (Å²) in [5.41, 5.74) is 7.96. The van der Waals surface area contributed by atoms with Crippen molar-refractivity contribution in [2.24, 2.45) is 5.73 Å². The van der Waals surface area contributed by atoms with E-state index in [1.165, 1.54) is 31.5 Å². The Kier molecular flexibility index (Phi) is 12.4. The lowest BCUT2D eigenvalue weighted by atomic mass is 10.0. The highest BCUT2D eigenvalue weighted by Crippen LogP contribution is 2.32.